The molecular weight excluding hydrogens is 276 g/mol. The predicted molar refractivity (Wildman–Crippen MR) is 68.7 cm³/mol. The maximum absolute atomic E-state index is 11.1. The first kappa shape index (κ1) is 18.8. The highest BCUT2D eigenvalue weighted by Gasteiger charge is 2.12. The SMILES string of the molecule is CCCCCOOS(=O)(=O)OCCOCCOCC. The molecule has 0 aromatic rings. The molecule has 0 aliphatic carbocycles. The van der Waals surface area contributed by atoms with Gasteiger partial charge in [-0.2, -0.15) is 8.42 Å². The van der Waals surface area contributed by atoms with Gasteiger partial charge in [-0.15, -0.1) is 0 Å². The lowest BCUT2D eigenvalue weighted by Gasteiger charge is -2.06. The van der Waals surface area contributed by atoms with Gasteiger partial charge in [-0.1, -0.05) is 24.1 Å². The van der Waals surface area contributed by atoms with Crippen LogP contribution in [0.25, 0.3) is 0 Å². The van der Waals surface area contributed by atoms with Gasteiger partial charge in [0, 0.05) is 6.61 Å². The minimum Gasteiger partial charge on any atom is -0.379 e. The number of hydrogen-bond donors (Lipinski definition) is 0. The Balaban J connectivity index is 3.41. The second-order valence-corrected chi connectivity index (χ2v) is 4.82. The zero-order valence-corrected chi connectivity index (χ0v) is 12.4. The molecule has 0 saturated heterocycles. The van der Waals surface area contributed by atoms with Crippen LogP contribution >= 0.6 is 0 Å². The molecule has 0 amide bonds. The molecule has 0 aliphatic rings. The van der Waals surface area contributed by atoms with E-state index in [0.29, 0.717) is 19.8 Å². The van der Waals surface area contributed by atoms with Crippen molar-refractivity contribution in [2.24, 2.45) is 0 Å². The molecule has 0 fully saturated rings. The summed E-state index contributed by atoms with van der Waals surface area (Å²) in [6.45, 7) is 5.66. The van der Waals surface area contributed by atoms with Crippen molar-refractivity contribution < 1.29 is 31.3 Å². The molecule has 8 heteroatoms. The Hall–Kier alpha value is -0.250. The Labute approximate surface area is 115 Å². The maximum atomic E-state index is 11.1. The van der Waals surface area contributed by atoms with E-state index in [9.17, 15) is 8.42 Å². The third-order valence-electron chi connectivity index (χ3n) is 1.99. The lowest BCUT2D eigenvalue weighted by atomic mass is 10.3. The summed E-state index contributed by atoms with van der Waals surface area (Å²) >= 11 is 0. The molecule has 0 aromatic heterocycles. The highest BCUT2D eigenvalue weighted by molar-refractivity contribution is 7.81. The van der Waals surface area contributed by atoms with Gasteiger partial charge in [0.05, 0.1) is 33.0 Å². The Morgan fingerprint density at radius 1 is 0.842 bits per heavy atom. The number of unbranched alkanes of at least 4 members (excludes halogenated alkanes) is 2. The van der Waals surface area contributed by atoms with Crippen LogP contribution in [0.4, 0.5) is 0 Å². The number of rotatable bonds is 14. The monoisotopic (exact) mass is 300 g/mol. The van der Waals surface area contributed by atoms with Crippen LogP contribution in [-0.4, -0.2) is 48.1 Å². The largest absolute Gasteiger partial charge is 0.426 e. The van der Waals surface area contributed by atoms with E-state index in [1.807, 2.05) is 13.8 Å². The van der Waals surface area contributed by atoms with Crippen LogP contribution in [0.5, 0.6) is 0 Å². The van der Waals surface area contributed by atoms with E-state index < -0.39 is 10.4 Å². The Kier molecular flexibility index (Phi) is 12.6. The van der Waals surface area contributed by atoms with Crippen LogP contribution in [0, 0.1) is 0 Å². The second kappa shape index (κ2) is 12.8. The first-order valence-electron chi connectivity index (χ1n) is 6.48. The smallest absolute Gasteiger partial charge is 0.379 e. The quantitative estimate of drug-likeness (QED) is 0.273. The van der Waals surface area contributed by atoms with Crippen molar-refractivity contribution in [3.8, 4) is 0 Å². The van der Waals surface area contributed by atoms with Crippen LogP contribution in [0.3, 0.4) is 0 Å². The predicted octanol–water partition coefficient (Wildman–Crippen LogP) is 1.44. The van der Waals surface area contributed by atoms with Crippen LogP contribution in [-0.2, 0) is 33.3 Å². The number of ether oxygens (including phenoxy) is 2. The summed E-state index contributed by atoms with van der Waals surface area (Å²) in [5.41, 5.74) is 0. The van der Waals surface area contributed by atoms with Crippen LogP contribution in [0.15, 0.2) is 0 Å². The molecule has 0 rings (SSSR count). The van der Waals surface area contributed by atoms with E-state index in [1.54, 1.807) is 0 Å². The lowest BCUT2D eigenvalue weighted by molar-refractivity contribution is -0.210. The summed E-state index contributed by atoms with van der Waals surface area (Å²) in [5, 5.41) is 0. The van der Waals surface area contributed by atoms with E-state index in [4.69, 9.17) is 9.47 Å². The molecule has 0 aliphatic heterocycles. The zero-order valence-electron chi connectivity index (χ0n) is 11.6. The van der Waals surface area contributed by atoms with E-state index >= 15 is 0 Å². The van der Waals surface area contributed by atoms with E-state index in [2.05, 4.69) is 13.4 Å². The third-order valence-corrected chi connectivity index (χ3v) is 2.71. The fourth-order valence-corrected chi connectivity index (χ4v) is 1.58. The molecule has 116 valence electrons. The van der Waals surface area contributed by atoms with Gasteiger partial charge in [0.15, 0.2) is 0 Å². The summed E-state index contributed by atoms with van der Waals surface area (Å²) in [4.78, 5) is 4.54. The molecular formula is C11H24O7S. The molecule has 0 radical (unpaired) electrons. The standard InChI is InChI=1S/C11H24O7S/c1-3-5-6-7-16-18-19(12,13)17-11-10-15-9-8-14-4-2/h3-11H2,1-2H3. The summed E-state index contributed by atoms with van der Waals surface area (Å²) < 4.78 is 41.1. The molecule has 0 unspecified atom stereocenters. The van der Waals surface area contributed by atoms with Gasteiger partial charge in [0.2, 0.25) is 0 Å². The fraction of sp³-hybridized carbons (Fsp3) is 1.00. The Morgan fingerprint density at radius 2 is 1.53 bits per heavy atom. The number of hydrogen-bond acceptors (Lipinski definition) is 7. The average molecular weight is 300 g/mol. The second-order valence-electron chi connectivity index (χ2n) is 3.64. The first-order valence-corrected chi connectivity index (χ1v) is 7.81. The molecule has 0 bridgehead atoms. The molecule has 0 saturated carbocycles. The topological polar surface area (TPSA) is 80.3 Å². The van der Waals surface area contributed by atoms with Gasteiger partial charge in [-0.3, -0.25) is 0 Å². The van der Waals surface area contributed by atoms with Crippen molar-refractivity contribution >= 4 is 10.4 Å². The van der Waals surface area contributed by atoms with Crippen molar-refractivity contribution in [1.82, 2.24) is 0 Å². The van der Waals surface area contributed by atoms with Crippen LogP contribution in [0.2, 0.25) is 0 Å². The zero-order chi connectivity index (χ0) is 14.4. The van der Waals surface area contributed by atoms with Gasteiger partial charge >= 0.3 is 10.4 Å². The minimum atomic E-state index is -4.10. The van der Waals surface area contributed by atoms with Crippen LogP contribution in [0.1, 0.15) is 33.1 Å². The van der Waals surface area contributed by atoms with Crippen molar-refractivity contribution in [2.45, 2.75) is 33.1 Å². The van der Waals surface area contributed by atoms with Crippen molar-refractivity contribution in [3.63, 3.8) is 0 Å². The molecule has 0 spiro atoms. The maximum Gasteiger partial charge on any atom is 0.426 e. The normalized spacial score (nSPS) is 11.9. The molecule has 0 N–H and O–H groups in total. The summed E-state index contributed by atoms with van der Waals surface area (Å²) in [5.74, 6) is 0. The molecule has 0 atom stereocenters. The minimum absolute atomic E-state index is 0.118. The van der Waals surface area contributed by atoms with Gasteiger partial charge in [0.1, 0.15) is 0 Å². The van der Waals surface area contributed by atoms with E-state index in [1.165, 1.54) is 0 Å². The molecule has 19 heavy (non-hydrogen) atoms. The van der Waals surface area contributed by atoms with Gasteiger partial charge in [-0.25, -0.2) is 9.07 Å². The van der Waals surface area contributed by atoms with E-state index in [0.717, 1.165) is 19.3 Å². The highest BCUT2D eigenvalue weighted by atomic mass is 32.3. The Morgan fingerprint density at radius 3 is 2.21 bits per heavy atom. The van der Waals surface area contributed by atoms with Crippen LogP contribution < -0.4 is 0 Å². The van der Waals surface area contributed by atoms with E-state index in [-0.39, 0.29) is 19.8 Å². The summed E-state index contributed by atoms with van der Waals surface area (Å²) in [6, 6.07) is 0. The highest BCUT2D eigenvalue weighted by Crippen LogP contribution is 2.00. The van der Waals surface area contributed by atoms with Crippen molar-refractivity contribution in [1.29, 1.82) is 0 Å². The average Bonchev–Trinajstić information content (AvgIpc) is 2.37. The fourth-order valence-electron chi connectivity index (χ4n) is 1.08. The van der Waals surface area contributed by atoms with Crippen molar-refractivity contribution in [2.75, 3.05) is 39.6 Å². The van der Waals surface area contributed by atoms with Gasteiger partial charge in [0.25, 0.3) is 0 Å². The van der Waals surface area contributed by atoms with Gasteiger partial charge < -0.3 is 9.47 Å². The van der Waals surface area contributed by atoms with Crippen molar-refractivity contribution in [3.05, 3.63) is 0 Å². The lowest BCUT2D eigenvalue weighted by Crippen LogP contribution is -2.16. The third kappa shape index (κ3) is 14.0. The van der Waals surface area contributed by atoms with Gasteiger partial charge in [-0.05, 0) is 13.3 Å². The first-order chi connectivity index (χ1) is 9.12. The molecule has 0 aromatic carbocycles. The summed E-state index contributed by atoms with van der Waals surface area (Å²) in [7, 11) is -4.10. The Bertz CT molecular complexity index is 279. The molecule has 0 heterocycles. The molecule has 7 nitrogen and oxygen atoms in total. The summed E-state index contributed by atoms with van der Waals surface area (Å²) in [6.07, 6.45) is 2.72.